The maximum Gasteiger partial charge on any atom is 0.416 e. The van der Waals surface area contributed by atoms with E-state index in [1.165, 1.54) is 24.9 Å². The number of nitrogens with zero attached hydrogens (tertiary/aromatic N) is 3. The Kier molecular flexibility index (Phi) is 7.21. The van der Waals surface area contributed by atoms with Crippen LogP contribution in [0.1, 0.15) is 35.1 Å². The molecule has 0 unspecified atom stereocenters. The Morgan fingerprint density at radius 3 is 2.65 bits per heavy atom. The van der Waals surface area contributed by atoms with Crippen LogP contribution in [0.15, 0.2) is 53.7 Å². The van der Waals surface area contributed by atoms with Gasteiger partial charge in [0.15, 0.2) is 11.0 Å². The molecule has 0 saturated heterocycles. The van der Waals surface area contributed by atoms with Crippen molar-refractivity contribution >= 4 is 17.7 Å². The Morgan fingerprint density at radius 2 is 1.94 bits per heavy atom. The average Bonchev–Trinajstić information content (AvgIpc) is 3.18. The van der Waals surface area contributed by atoms with E-state index in [-0.39, 0.29) is 18.1 Å². The van der Waals surface area contributed by atoms with E-state index in [9.17, 15) is 18.0 Å². The van der Waals surface area contributed by atoms with Gasteiger partial charge in [0.25, 0.3) is 5.91 Å². The molecular formula is C21H21F3N4O2S. The smallest absolute Gasteiger partial charge is 0.416 e. The molecule has 0 fully saturated rings. The molecule has 1 heterocycles. The molecule has 2 aromatic carbocycles. The molecular weight excluding hydrogens is 429 g/mol. The van der Waals surface area contributed by atoms with Crippen LogP contribution >= 0.6 is 11.8 Å². The monoisotopic (exact) mass is 450 g/mol. The second-order valence-electron chi connectivity index (χ2n) is 6.55. The quantitative estimate of drug-likeness (QED) is 0.503. The van der Waals surface area contributed by atoms with Gasteiger partial charge in [-0.15, -0.1) is 10.2 Å². The zero-order valence-corrected chi connectivity index (χ0v) is 17.8. The maximum absolute atomic E-state index is 13.2. The van der Waals surface area contributed by atoms with E-state index in [4.69, 9.17) is 4.74 Å². The van der Waals surface area contributed by atoms with Crippen molar-refractivity contribution < 1.29 is 22.7 Å². The molecule has 0 aliphatic carbocycles. The van der Waals surface area contributed by atoms with Gasteiger partial charge in [-0.25, -0.2) is 0 Å². The minimum Gasteiger partial charge on any atom is -0.497 e. The fourth-order valence-electron chi connectivity index (χ4n) is 2.81. The first-order valence-corrected chi connectivity index (χ1v) is 10.5. The largest absolute Gasteiger partial charge is 0.497 e. The van der Waals surface area contributed by atoms with Crippen molar-refractivity contribution in [2.24, 2.45) is 0 Å². The molecule has 0 aliphatic rings. The molecule has 0 spiro atoms. The van der Waals surface area contributed by atoms with Gasteiger partial charge in [-0.3, -0.25) is 9.36 Å². The molecule has 0 saturated carbocycles. The molecule has 164 valence electrons. The van der Waals surface area contributed by atoms with Gasteiger partial charge in [-0.05, 0) is 42.8 Å². The van der Waals surface area contributed by atoms with E-state index in [1.54, 1.807) is 34.9 Å². The van der Waals surface area contributed by atoms with Crippen molar-refractivity contribution in [2.75, 3.05) is 12.9 Å². The topological polar surface area (TPSA) is 69.0 Å². The van der Waals surface area contributed by atoms with Gasteiger partial charge in [0.1, 0.15) is 5.75 Å². The predicted molar refractivity (Wildman–Crippen MR) is 112 cm³/mol. The number of methoxy groups -OCH3 is 1. The van der Waals surface area contributed by atoms with Crippen LogP contribution in [0.5, 0.6) is 5.75 Å². The Balaban J connectivity index is 1.89. The molecule has 0 radical (unpaired) electrons. The number of rotatable bonds is 8. The van der Waals surface area contributed by atoms with Gasteiger partial charge in [-0.2, -0.15) is 13.2 Å². The minimum atomic E-state index is -4.47. The lowest BCUT2D eigenvalue weighted by atomic mass is 10.2. The van der Waals surface area contributed by atoms with Crippen molar-refractivity contribution in [3.63, 3.8) is 0 Å². The van der Waals surface area contributed by atoms with Crippen LogP contribution in [0, 0.1) is 0 Å². The molecule has 1 N–H and O–H groups in total. The van der Waals surface area contributed by atoms with Gasteiger partial charge in [0.2, 0.25) is 0 Å². The van der Waals surface area contributed by atoms with Gasteiger partial charge < -0.3 is 10.1 Å². The summed E-state index contributed by atoms with van der Waals surface area (Å²) in [6.45, 7) is 1.99. The number of amides is 1. The fraction of sp³-hybridized carbons (Fsp3) is 0.286. The summed E-state index contributed by atoms with van der Waals surface area (Å²) < 4.78 is 46.3. The predicted octanol–water partition coefficient (Wildman–Crippen LogP) is 4.73. The van der Waals surface area contributed by atoms with E-state index in [0.717, 1.165) is 24.3 Å². The summed E-state index contributed by atoms with van der Waals surface area (Å²) in [5.41, 5.74) is -0.0920. The molecule has 6 nitrogen and oxygen atoms in total. The third-order valence-electron chi connectivity index (χ3n) is 4.31. The van der Waals surface area contributed by atoms with Crippen molar-refractivity contribution in [1.82, 2.24) is 20.1 Å². The summed E-state index contributed by atoms with van der Waals surface area (Å²) >= 11 is 1.39. The number of benzene rings is 2. The molecule has 31 heavy (non-hydrogen) atoms. The van der Waals surface area contributed by atoms with Crippen LogP contribution in [-0.2, 0) is 12.7 Å². The number of hydrogen-bond donors (Lipinski definition) is 1. The van der Waals surface area contributed by atoms with Crippen molar-refractivity contribution in [1.29, 1.82) is 0 Å². The lowest BCUT2D eigenvalue weighted by Crippen LogP contribution is -2.24. The Morgan fingerprint density at radius 1 is 1.16 bits per heavy atom. The van der Waals surface area contributed by atoms with E-state index in [1.807, 2.05) is 6.92 Å². The first kappa shape index (κ1) is 22.7. The van der Waals surface area contributed by atoms with Crippen LogP contribution in [0.2, 0.25) is 0 Å². The number of carbonyl (C=O) groups is 1. The molecule has 10 heteroatoms. The van der Waals surface area contributed by atoms with Gasteiger partial charge in [0, 0.05) is 11.3 Å². The van der Waals surface area contributed by atoms with Crippen LogP contribution in [0.4, 0.5) is 13.2 Å². The van der Waals surface area contributed by atoms with E-state index in [0.29, 0.717) is 22.3 Å². The first-order valence-electron chi connectivity index (χ1n) is 9.50. The normalized spacial score (nSPS) is 11.4. The number of aromatic nitrogens is 3. The van der Waals surface area contributed by atoms with E-state index in [2.05, 4.69) is 15.5 Å². The van der Waals surface area contributed by atoms with Crippen LogP contribution in [0.3, 0.4) is 0 Å². The molecule has 0 aliphatic heterocycles. The second-order valence-corrected chi connectivity index (χ2v) is 7.61. The Bertz CT molecular complexity index is 1050. The third kappa shape index (κ3) is 5.57. The highest BCUT2D eigenvalue weighted by Gasteiger charge is 2.31. The lowest BCUT2D eigenvalue weighted by molar-refractivity contribution is -0.137. The number of nitrogens with one attached hydrogen (secondary N) is 1. The summed E-state index contributed by atoms with van der Waals surface area (Å²) in [5, 5.41) is 11.4. The van der Waals surface area contributed by atoms with Gasteiger partial charge >= 0.3 is 6.18 Å². The summed E-state index contributed by atoms with van der Waals surface area (Å²) in [5.74, 6) is 1.24. The molecule has 3 aromatic rings. The lowest BCUT2D eigenvalue weighted by Gasteiger charge is -2.13. The second kappa shape index (κ2) is 9.86. The number of thioether (sulfide) groups is 1. The highest BCUT2D eigenvalue weighted by molar-refractivity contribution is 7.99. The first-order chi connectivity index (χ1) is 14.8. The average molecular weight is 450 g/mol. The van der Waals surface area contributed by atoms with Crippen molar-refractivity contribution in [3.05, 3.63) is 65.5 Å². The van der Waals surface area contributed by atoms with Crippen LogP contribution in [0.25, 0.3) is 5.69 Å². The number of alkyl halides is 3. The molecule has 0 bridgehead atoms. The Labute approximate surface area is 181 Å². The Hall–Kier alpha value is -3.01. The number of halogens is 3. The highest BCUT2D eigenvalue weighted by Crippen LogP contribution is 2.31. The zero-order chi connectivity index (χ0) is 22.4. The molecule has 1 amide bonds. The SMILES string of the molecule is CCCSc1nnc(CNC(=O)c2cccc(OC)c2)n1-c1cccc(C(F)(F)F)c1. The highest BCUT2D eigenvalue weighted by atomic mass is 32.2. The molecule has 1 aromatic heterocycles. The number of carbonyl (C=O) groups excluding carboxylic acids is 1. The fourth-order valence-corrected chi connectivity index (χ4v) is 3.63. The van der Waals surface area contributed by atoms with E-state index >= 15 is 0 Å². The zero-order valence-electron chi connectivity index (χ0n) is 16.9. The summed E-state index contributed by atoms with van der Waals surface area (Å²) in [4.78, 5) is 12.5. The van der Waals surface area contributed by atoms with Gasteiger partial charge in [-0.1, -0.05) is 30.8 Å². The van der Waals surface area contributed by atoms with Crippen molar-refractivity contribution in [2.45, 2.75) is 31.2 Å². The number of hydrogen-bond acceptors (Lipinski definition) is 5. The van der Waals surface area contributed by atoms with E-state index < -0.39 is 11.7 Å². The third-order valence-corrected chi connectivity index (χ3v) is 5.44. The molecule has 3 rings (SSSR count). The summed E-state index contributed by atoms with van der Waals surface area (Å²) in [6.07, 6.45) is -3.61. The summed E-state index contributed by atoms with van der Waals surface area (Å²) in [6, 6.07) is 11.6. The van der Waals surface area contributed by atoms with Gasteiger partial charge in [0.05, 0.1) is 24.9 Å². The standard InChI is InChI=1S/C21H21F3N4O2S/c1-3-10-31-20-27-26-18(13-25-19(29)14-6-4-9-17(11-14)30-2)28(20)16-8-5-7-15(12-16)21(22,23)24/h4-9,11-12H,3,10,13H2,1-2H3,(H,25,29). The maximum atomic E-state index is 13.2. The number of ether oxygens (including phenoxy) is 1. The van der Waals surface area contributed by atoms with Crippen molar-refractivity contribution in [3.8, 4) is 11.4 Å². The van der Waals surface area contributed by atoms with Crippen LogP contribution in [-0.4, -0.2) is 33.5 Å². The molecule has 0 atom stereocenters. The summed E-state index contributed by atoms with van der Waals surface area (Å²) in [7, 11) is 1.50. The van der Waals surface area contributed by atoms with Crippen LogP contribution < -0.4 is 10.1 Å². The minimum absolute atomic E-state index is 0.00796.